The standard InChI is InChI=1S/C16H18ClF3N2O3/c1-10(23)22(8-12-3-2-6-25-12)9-15(24)21-14-7-11(16(18,19)20)4-5-13(14)17/h4-5,7,12H,2-3,6,8-9H2,1H3,(H,21,24). The van der Waals surface area contributed by atoms with Crippen LogP contribution in [0.25, 0.3) is 0 Å². The maximum Gasteiger partial charge on any atom is 0.416 e. The van der Waals surface area contributed by atoms with Gasteiger partial charge in [0.2, 0.25) is 11.8 Å². The van der Waals surface area contributed by atoms with E-state index in [0.717, 1.165) is 31.0 Å². The van der Waals surface area contributed by atoms with Crippen LogP contribution in [-0.4, -0.2) is 42.5 Å². The molecule has 1 N–H and O–H groups in total. The van der Waals surface area contributed by atoms with E-state index in [-0.39, 0.29) is 35.8 Å². The molecule has 1 atom stereocenters. The molecule has 0 aliphatic carbocycles. The largest absolute Gasteiger partial charge is 0.416 e. The van der Waals surface area contributed by atoms with Crippen molar-refractivity contribution in [1.82, 2.24) is 4.90 Å². The van der Waals surface area contributed by atoms with Gasteiger partial charge in [0, 0.05) is 20.1 Å². The molecule has 1 aromatic carbocycles. The van der Waals surface area contributed by atoms with Crippen LogP contribution in [-0.2, 0) is 20.5 Å². The number of amides is 2. The van der Waals surface area contributed by atoms with E-state index in [9.17, 15) is 22.8 Å². The topological polar surface area (TPSA) is 58.6 Å². The van der Waals surface area contributed by atoms with Crippen LogP contribution in [0, 0.1) is 0 Å². The van der Waals surface area contributed by atoms with Gasteiger partial charge in [0.1, 0.15) is 0 Å². The zero-order valence-corrected chi connectivity index (χ0v) is 14.3. The molecule has 1 heterocycles. The highest BCUT2D eigenvalue weighted by Crippen LogP contribution is 2.33. The zero-order valence-electron chi connectivity index (χ0n) is 13.5. The lowest BCUT2D eigenvalue weighted by atomic mass is 10.2. The smallest absolute Gasteiger partial charge is 0.376 e. The molecular weight excluding hydrogens is 361 g/mol. The van der Waals surface area contributed by atoms with E-state index in [1.807, 2.05) is 0 Å². The Labute approximate surface area is 148 Å². The molecule has 1 aliphatic rings. The van der Waals surface area contributed by atoms with Crippen molar-refractivity contribution < 1.29 is 27.5 Å². The van der Waals surface area contributed by atoms with Gasteiger partial charge >= 0.3 is 6.18 Å². The lowest BCUT2D eigenvalue weighted by molar-refractivity contribution is -0.137. The normalized spacial score (nSPS) is 17.4. The van der Waals surface area contributed by atoms with E-state index < -0.39 is 17.6 Å². The number of hydrogen-bond acceptors (Lipinski definition) is 3. The molecular formula is C16H18ClF3N2O3. The predicted octanol–water partition coefficient (Wildman–Crippen LogP) is 3.32. The third-order valence-corrected chi connectivity index (χ3v) is 4.13. The summed E-state index contributed by atoms with van der Waals surface area (Å²) in [6.07, 6.45) is -2.99. The van der Waals surface area contributed by atoms with Crippen molar-refractivity contribution in [3.05, 3.63) is 28.8 Å². The van der Waals surface area contributed by atoms with E-state index in [4.69, 9.17) is 16.3 Å². The van der Waals surface area contributed by atoms with Crippen LogP contribution in [0.3, 0.4) is 0 Å². The fourth-order valence-corrected chi connectivity index (χ4v) is 2.66. The quantitative estimate of drug-likeness (QED) is 0.855. The van der Waals surface area contributed by atoms with Gasteiger partial charge in [0.15, 0.2) is 0 Å². The van der Waals surface area contributed by atoms with Crippen molar-refractivity contribution in [3.63, 3.8) is 0 Å². The van der Waals surface area contributed by atoms with Gasteiger partial charge in [-0.05, 0) is 31.0 Å². The second-order valence-electron chi connectivity index (χ2n) is 5.78. The summed E-state index contributed by atoms with van der Waals surface area (Å²) < 4.78 is 43.7. The van der Waals surface area contributed by atoms with E-state index in [1.54, 1.807) is 0 Å². The fourth-order valence-electron chi connectivity index (χ4n) is 2.50. The first kappa shape index (κ1) is 19.5. The highest BCUT2D eigenvalue weighted by molar-refractivity contribution is 6.33. The maximum atomic E-state index is 12.8. The number of nitrogens with one attached hydrogen (secondary N) is 1. The summed E-state index contributed by atoms with van der Waals surface area (Å²) in [5, 5.41) is 2.31. The molecule has 1 aliphatic heterocycles. The highest BCUT2D eigenvalue weighted by atomic mass is 35.5. The molecule has 25 heavy (non-hydrogen) atoms. The van der Waals surface area contributed by atoms with Crippen molar-refractivity contribution in [1.29, 1.82) is 0 Å². The zero-order chi connectivity index (χ0) is 18.6. The van der Waals surface area contributed by atoms with E-state index in [1.165, 1.54) is 11.8 Å². The number of benzene rings is 1. The van der Waals surface area contributed by atoms with Crippen molar-refractivity contribution in [2.75, 3.05) is 25.0 Å². The summed E-state index contributed by atoms with van der Waals surface area (Å²) in [7, 11) is 0. The lowest BCUT2D eigenvalue weighted by Crippen LogP contribution is -2.41. The Morgan fingerprint density at radius 3 is 2.68 bits per heavy atom. The van der Waals surface area contributed by atoms with E-state index >= 15 is 0 Å². The average molecular weight is 379 g/mol. The van der Waals surface area contributed by atoms with Gasteiger partial charge < -0.3 is 15.0 Å². The Kier molecular flexibility index (Phi) is 6.29. The van der Waals surface area contributed by atoms with Crippen molar-refractivity contribution in [2.24, 2.45) is 0 Å². The number of halogens is 4. The van der Waals surface area contributed by atoms with Crippen LogP contribution in [0.2, 0.25) is 5.02 Å². The average Bonchev–Trinajstić information content (AvgIpc) is 3.00. The molecule has 0 saturated carbocycles. The summed E-state index contributed by atoms with van der Waals surface area (Å²) in [6.45, 7) is 1.91. The summed E-state index contributed by atoms with van der Waals surface area (Å²) >= 11 is 5.84. The molecule has 9 heteroatoms. The molecule has 138 valence electrons. The third-order valence-electron chi connectivity index (χ3n) is 3.80. The Morgan fingerprint density at radius 2 is 2.12 bits per heavy atom. The first-order valence-electron chi connectivity index (χ1n) is 7.70. The van der Waals surface area contributed by atoms with Crippen LogP contribution < -0.4 is 5.32 Å². The van der Waals surface area contributed by atoms with E-state index in [2.05, 4.69) is 5.32 Å². The molecule has 0 bridgehead atoms. The molecule has 2 rings (SSSR count). The molecule has 1 unspecified atom stereocenters. The number of rotatable bonds is 5. The Morgan fingerprint density at radius 1 is 1.40 bits per heavy atom. The molecule has 0 aromatic heterocycles. The number of hydrogen-bond donors (Lipinski definition) is 1. The number of carbonyl (C=O) groups excluding carboxylic acids is 2. The van der Waals surface area contributed by atoms with Crippen LogP contribution in [0.5, 0.6) is 0 Å². The van der Waals surface area contributed by atoms with Gasteiger partial charge in [-0.1, -0.05) is 11.6 Å². The lowest BCUT2D eigenvalue weighted by Gasteiger charge is -2.23. The first-order chi connectivity index (χ1) is 11.7. The van der Waals surface area contributed by atoms with Gasteiger partial charge in [0.25, 0.3) is 0 Å². The molecule has 5 nitrogen and oxygen atoms in total. The van der Waals surface area contributed by atoms with Gasteiger partial charge in [-0.25, -0.2) is 0 Å². The van der Waals surface area contributed by atoms with Gasteiger partial charge in [0.05, 0.1) is 28.9 Å². The third kappa shape index (κ3) is 5.61. The van der Waals surface area contributed by atoms with Gasteiger partial charge in [-0.15, -0.1) is 0 Å². The second kappa shape index (κ2) is 8.05. The molecule has 0 spiro atoms. The second-order valence-corrected chi connectivity index (χ2v) is 6.18. The number of ether oxygens (including phenoxy) is 1. The van der Waals surface area contributed by atoms with Crippen molar-refractivity contribution in [3.8, 4) is 0 Å². The predicted molar refractivity (Wildman–Crippen MR) is 86.3 cm³/mol. The first-order valence-corrected chi connectivity index (χ1v) is 8.08. The summed E-state index contributed by atoms with van der Waals surface area (Å²) in [6, 6.07) is 2.66. The van der Waals surface area contributed by atoms with Crippen LogP contribution in [0.1, 0.15) is 25.3 Å². The number of anilines is 1. The summed E-state index contributed by atoms with van der Waals surface area (Å²) in [5.74, 6) is -0.949. The highest BCUT2D eigenvalue weighted by Gasteiger charge is 2.31. The maximum absolute atomic E-state index is 12.8. The minimum atomic E-state index is -4.55. The molecule has 0 radical (unpaired) electrons. The number of carbonyl (C=O) groups is 2. The molecule has 1 saturated heterocycles. The SMILES string of the molecule is CC(=O)N(CC(=O)Nc1cc(C(F)(F)F)ccc1Cl)CC1CCCO1. The Bertz CT molecular complexity index is 646. The van der Waals surface area contributed by atoms with E-state index in [0.29, 0.717) is 6.61 Å². The van der Waals surface area contributed by atoms with Crippen LogP contribution >= 0.6 is 11.6 Å². The molecule has 1 aromatic rings. The van der Waals surface area contributed by atoms with Gasteiger partial charge in [-0.2, -0.15) is 13.2 Å². The Hall–Kier alpha value is -1.80. The monoisotopic (exact) mass is 378 g/mol. The fraction of sp³-hybridized carbons (Fsp3) is 0.500. The minimum absolute atomic E-state index is 0.0187. The molecule has 2 amide bonds. The number of nitrogens with zero attached hydrogens (tertiary/aromatic N) is 1. The van der Waals surface area contributed by atoms with Crippen LogP contribution in [0.4, 0.5) is 18.9 Å². The summed E-state index contributed by atoms with van der Waals surface area (Å²) in [4.78, 5) is 25.1. The molecule has 1 fully saturated rings. The van der Waals surface area contributed by atoms with Gasteiger partial charge in [-0.3, -0.25) is 9.59 Å². The minimum Gasteiger partial charge on any atom is -0.376 e. The van der Waals surface area contributed by atoms with Crippen LogP contribution in [0.15, 0.2) is 18.2 Å². The van der Waals surface area contributed by atoms with Crippen molar-refractivity contribution >= 4 is 29.1 Å². The summed E-state index contributed by atoms with van der Waals surface area (Å²) in [5.41, 5.74) is -1.07. The van der Waals surface area contributed by atoms with Crippen molar-refractivity contribution in [2.45, 2.75) is 32.0 Å². The number of alkyl halides is 3. The Balaban J connectivity index is 2.03.